The van der Waals surface area contributed by atoms with Gasteiger partial charge in [0.15, 0.2) is 0 Å². The maximum Gasteiger partial charge on any atom is 0.332 e. The Morgan fingerprint density at radius 2 is 1.66 bits per heavy atom. The van der Waals surface area contributed by atoms with Gasteiger partial charge in [-0.15, -0.1) is 11.8 Å². The molecule has 0 aliphatic carbocycles. The van der Waals surface area contributed by atoms with Gasteiger partial charge in [-0.25, -0.2) is 9.69 Å². The van der Waals surface area contributed by atoms with E-state index in [0.717, 1.165) is 5.56 Å². The molecule has 0 radical (unpaired) electrons. The zero-order chi connectivity index (χ0) is 22.7. The first-order valence-electron chi connectivity index (χ1n) is 11.1. The van der Waals surface area contributed by atoms with Crippen LogP contribution in [0.15, 0.2) is 59.5 Å². The minimum absolute atomic E-state index is 0.0171. The molecule has 0 aromatic heterocycles. The highest BCUT2D eigenvalue weighted by Gasteiger charge is 2.41. The average molecular weight is 452 g/mol. The summed E-state index contributed by atoms with van der Waals surface area (Å²) in [5.74, 6) is -0.0822. The number of benzene rings is 2. The molecule has 32 heavy (non-hydrogen) atoms. The average Bonchev–Trinajstić information content (AvgIpc) is 3.09. The van der Waals surface area contributed by atoms with E-state index in [0.29, 0.717) is 43.3 Å². The number of urea groups is 1. The molecule has 4 amide bonds. The van der Waals surface area contributed by atoms with Crippen LogP contribution in [0.4, 0.5) is 10.5 Å². The number of nitrogens with zero attached hydrogens (tertiary/aromatic N) is 3. The molecule has 0 unspecified atom stereocenters. The van der Waals surface area contributed by atoms with Crippen molar-refractivity contribution >= 4 is 35.3 Å². The predicted molar refractivity (Wildman–Crippen MR) is 127 cm³/mol. The topological polar surface area (TPSA) is 60.9 Å². The molecule has 168 valence electrons. The normalized spacial score (nSPS) is 17.5. The summed E-state index contributed by atoms with van der Waals surface area (Å²) in [4.78, 5) is 44.2. The van der Waals surface area contributed by atoms with E-state index in [1.807, 2.05) is 47.0 Å². The monoisotopic (exact) mass is 451 g/mol. The molecule has 4 rings (SSSR count). The Morgan fingerprint density at radius 1 is 1.00 bits per heavy atom. The van der Waals surface area contributed by atoms with Crippen LogP contribution < -0.4 is 4.90 Å². The number of piperidine rings is 1. The number of rotatable bonds is 6. The molecular formula is C25H29N3O3S. The number of carbonyl (C=O) groups is 3. The van der Waals surface area contributed by atoms with Crippen LogP contribution in [0.2, 0.25) is 0 Å². The highest BCUT2D eigenvalue weighted by Crippen LogP contribution is 2.27. The molecule has 0 saturated carbocycles. The molecule has 2 aromatic rings. The summed E-state index contributed by atoms with van der Waals surface area (Å²) in [7, 11) is 0. The predicted octanol–water partition coefficient (Wildman–Crippen LogP) is 4.19. The molecule has 2 fully saturated rings. The Bertz CT molecular complexity index is 970. The largest absolute Gasteiger partial charge is 0.342 e. The van der Waals surface area contributed by atoms with Crippen LogP contribution >= 0.6 is 11.8 Å². The molecule has 2 aliphatic heterocycles. The zero-order valence-corrected chi connectivity index (χ0v) is 19.4. The Labute approximate surface area is 193 Å². The van der Waals surface area contributed by atoms with Gasteiger partial charge in [0.25, 0.3) is 5.91 Å². The van der Waals surface area contributed by atoms with Gasteiger partial charge in [0.05, 0.1) is 12.1 Å². The molecule has 2 aliphatic rings. The van der Waals surface area contributed by atoms with Crippen LogP contribution in [-0.4, -0.2) is 58.6 Å². The van der Waals surface area contributed by atoms with Crippen LogP contribution in [0.1, 0.15) is 32.3 Å². The number of para-hydroxylation sites is 1. The summed E-state index contributed by atoms with van der Waals surface area (Å²) < 4.78 is 0. The SMILES string of the molecule is CC(C)Sc1ccc(CC(=O)N2CCC(N3CC(=O)N(c4ccccc4)C3=O)CC2)cc1. The summed E-state index contributed by atoms with van der Waals surface area (Å²) in [6.07, 6.45) is 1.77. The van der Waals surface area contributed by atoms with Crippen molar-refractivity contribution in [2.75, 3.05) is 24.5 Å². The third-order valence-electron chi connectivity index (χ3n) is 5.91. The number of amides is 4. The molecular weight excluding hydrogens is 422 g/mol. The van der Waals surface area contributed by atoms with Crippen molar-refractivity contribution in [1.82, 2.24) is 9.80 Å². The highest BCUT2D eigenvalue weighted by molar-refractivity contribution is 7.99. The van der Waals surface area contributed by atoms with Gasteiger partial charge in [0.1, 0.15) is 6.54 Å². The Kier molecular flexibility index (Phi) is 6.84. The van der Waals surface area contributed by atoms with Crippen molar-refractivity contribution in [3.8, 4) is 0 Å². The van der Waals surface area contributed by atoms with Gasteiger partial charge in [-0.3, -0.25) is 9.59 Å². The first-order valence-corrected chi connectivity index (χ1v) is 12.0. The van der Waals surface area contributed by atoms with Gasteiger partial charge in [-0.05, 0) is 42.7 Å². The van der Waals surface area contributed by atoms with Gasteiger partial charge < -0.3 is 9.80 Å². The molecule has 2 heterocycles. The lowest BCUT2D eigenvalue weighted by atomic mass is 10.0. The van der Waals surface area contributed by atoms with Crippen molar-refractivity contribution in [3.05, 3.63) is 60.2 Å². The lowest BCUT2D eigenvalue weighted by Gasteiger charge is -2.36. The molecule has 0 spiro atoms. The van der Waals surface area contributed by atoms with Crippen LogP contribution in [-0.2, 0) is 16.0 Å². The second-order valence-corrected chi connectivity index (χ2v) is 10.2. The summed E-state index contributed by atoms with van der Waals surface area (Å²) in [6, 6.07) is 17.0. The smallest absolute Gasteiger partial charge is 0.332 e. The van der Waals surface area contributed by atoms with Gasteiger partial charge >= 0.3 is 6.03 Å². The van der Waals surface area contributed by atoms with Crippen LogP contribution in [0.3, 0.4) is 0 Å². The van der Waals surface area contributed by atoms with E-state index < -0.39 is 0 Å². The minimum Gasteiger partial charge on any atom is -0.342 e. The van der Waals surface area contributed by atoms with Crippen molar-refractivity contribution in [2.24, 2.45) is 0 Å². The lowest BCUT2D eigenvalue weighted by molar-refractivity contribution is -0.132. The van der Waals surface area contributed by atoms with Crippen LogP contribution in [0.5, 0.6) is 0 Å². The molecule has 2 saturated heterocycles. The molecule has 7 heteroatoms. The Morgan fingerprint density at radius 3 is 2.28 bits per heavy atom. The maximum absolute atomic E-state index is 12.9. The Balaban J connectivity index is 1.31. The molecule has 6 nitrogen and oxygen atoms in total. The Hall–Kier alpha value is -2.80. The van der Waals surface area contributed by atoms with Crippen LogP contribution in [0.25, 0.3) is 0 Å². The number of anilines is 1. The number of imide groups is 1. The fraction of sp³-hybridized carbons (Fsp3) is 0.400. The fourth-order valence-electron chi connectivity index (χ4n) is 4.31. The summed E-state index contributed by atoms with van der Waals surface area (Å²) in [6.45, 7) is 5.64. The van der Waals surface area contributed by atoms with E-state index >= 15 is 0 Å². The second-order valence-electron chi connectivity index (χ2n) is 8.57. The number of likely N-dealkylation sites (tertiary alicyclic amines) is 1. The minimum atomic E-state index is -0.259. The number of hydrogen-bond donors (Lipinski definition) is 0. The lowest BCUT2D eigenvalue weighted by Crippen LogP contribution is -2.48. The molecule has 0 N–H and O–H groups in total. The number of thioether (sulfide) groups is 1. The van der Waals surface area contributed by atoms with Crippen molar-refractivity contribution in [2.45, 2.75) is 49.3 Å². The highest BCUT2D eigenvalue weighted by atomic mass is 32.2. The van der Waals surface area contributed by atoms with E-state index in [-0.39, 0.29) is 30.4 Å². The molecule has 0 atom stereocenters. The van der Waals surface area contributed by atoms with Crippen molar-refractivity contribution in [3.63, 3.8) is 0 Å². The number of hydrogen-bond acceptors (Lipinski definition) is 4. The third-order valence-corrected chi connectivity index (χ3v) is 6.93. The van der Waals surface area contributed by atoms with E-state index in [1.165, 1.54) is 9.80 Å². The van der Waals surface area contributed by atoms with Crippen molar-refractivity contribution < 1.29 is 14.4 Å². The summed E-state index contributed by atoms with van der Waals surface area (Å²) in [5, 5.41) is 0.529. The zero-order valence-electron chi connectivity index (χ0n) is 18.6. The number of carbonyl (C=O) groups excluding carboxylic acids is 3. The maximum atomic E-state index is 12.9. The van der Waals surface area contributed by atoms with Gasteiger partial charge in [-0.2, -0.15) is 0 Å². The molecule has 2 aromatic carbocycles. The molecule has 0 bridgehead atoms. The van der Waals surface area contributed by atoms with Crippen molar-refractivity contribution in [1.29, 1.82) is 0 Å². The third kappa shape index (κ3) is 4.99. The van der Waals surface area contributed by atoms with E-state index in [1.54, 1.807) is 17.0 Å². The first kappa shape index (κ1) is 22.4. The van der Waals surface area contributed by atoms with E-state index in [9.17, 15) is 14.4 Å². The van der Waals surface area contributed by atoms with E-state index in [2.05, 4.69) is 26.0 Å². The second kappa shape index (κ2) is 9.77. The van der Waals surface area contributed by atoms with Crippen LogP contribution in [0, 0.1) is 0 Å². The van der Waals surface area contributed by atoms with Gasteiger partial charge in [0.2, 0.25) is 5.91 Å². The summed E-state index contributed by atoms with van der Waals surface area (Å²) in [5.41, 5.74) is 1.62. The van der Waals surface area contributed by atoms with Gasteiger partial charge in [0, 0.05) is 29.3 Å². The standard InChI is InChI=1S/C25H29N3O3S/c1-18(2)32-22-10-8-19(9-11-22)16-23(29)26-14-12-20(13-15-26)27-17-24(30)28(25(27)31)21-6-4-3-5-7-21/h3-11,18,20H,12-17H2,1-2H3. The summed E-state index contributed by atoms with van der Waals surface area (Å²) >= 11 is 1.81. The fourth-order valence-corrected chi connectivity index (χ4v) is 5.14. The quantitative estimate of drug-likeness (QED) is 0.488. The van der Waals surface area contributed by atoms with E-state index in [4.69, 9.17) is 0 Å². The van der Waals surface area contributed by atoms with Gasteiger partial charge in [-0.1, -0.05) is 44.2 Å². The first-order chi connectivity index (χ1) is 15.4.